The van der Waals surface area contributed by atoms with Crippen molar-refractivity contribution in [1.82, 2.24) is 14.9 Å². The van der Waals surface area contributed by atoms with E-state index in [1.54, 1.807) is 56.8 Å². The Morgan fingerprint density at radius 3 is 2.39 bits per heavy atom. The molecule has 3 aromatic carbocycles. The Labute approximate surface area is 298 Å². The monoisotopic (exact) mass is 704 g/mol. The molecule has 0 spiro atoms. The van der Waals surface area contributed by atoms with E-state index < -0.39 is 15.6 Å². The smallest absolute Gasteiger partial charge is 0.266 e. The maximum absolute atomic E-state index is 15.1. The Morgan fingerprint density at radius 1 is 0.863 bits per heavy atom. The number of pyridine rings is 2. The van der Waals surface area contributed by atoms with Gasteiger partial charge in [0.05, 0.1) is 55.7 Å². The van der Waals surface area contributed by atoms with E-state index in [-0.39, 0.29) is 11.4 Å². The molecular formula is C39H40N6O5S. The van der Waals surface area contributed by atoms with Crippen LogP contribution in [-0.4, -0.2) is 76.8 Å². The van der Waals surface area contributed by atoms with Gasteiger partial charge in [-0.15, -0.1) is 0 Å². The van der Waals surface area contributed by atoms with E-state index in [4.69, 9.17) is 14.2 Å². The van der Waals surface area contributed by atoms with Crippen LogP contribution in [0.4, 0.5) is 11.4 Å². The summed E-state index contributed by atoms with van der Waals surface area (Å²) >= 11 is 0. The first-order valence-corrected chi connectivity index (χ1v) is 18.5. The normalized spacial score (nSPS) is 17.6. The molecule has 1 saturated heterocycles. The molecule has 11 nitrogen and oxygen atoms in total. The third-order valence-electron chi connectivity index (χ3n) is 9.97. The van der Waals surface area contributed by atoms with Gasteiger partial charge in [-0.1, -0.05) is 6.92 Å². The summed E-state index contributed by atoms with van der Waals surface area (Å²) in [5.74, 6) is 1.76. The van der Waals surface area contributed by atoms with Crippen LogP contribution in [0.1, 0.15) is 36.2 Å². The van der Waals surface area contributed by atoms with Gasteiger partial charge >= 0.3 is 0 Å². The van der Waals surface area contributed by atoms with Crippen LogP contribution in [0.2, 0.25) is 0 Å². The number of anilines is 2. The molecule has 1 unspecified atom stereocenters. The number of ether oxygens (including phenoxy) is 3. The largest absolute Gasteiger partial charge is 0.497 e. The fourth-order valence-electron chi connectivity index (χ4n) is 7.49. The predicted octanol–water partition coefficient (Wildman–Crippen LogP) is 5.75. The van der Waals surface area contributed by atoms with Gasteiger partial charge < -0.3 is 19.1 Å². The van der Waals surface area contributed by atoms with Crippen molar-refractivity contribution < 1.29 is 22.6 Å². The molecule has 2 aromatic heterocycles. The van der Waals surface area contributed by atoms with Crippen molar-refractivity contribution >= 4 is 32.3 Å². The van der Waals surface area contributed by atoms with Crippen LogP contribution in [0.5, 0.6) is 17.2 Å². The topological polar surface area (TPSA) is 121 Å². The Kier molecular flexibility index (Phi) is 9.18. The highest BCUT2D eigenvalue weighted by Gasteiger charge is 2.54. The third kappa shape index (κ3) is 5.76. The number of methoxy groups -OCH3 is 2. The molecule has 5 aromatic rings. The zero-order chi connectivity index (χ0) is 35.8. The van der Waals surface area contributed by atoms with Crippen LogP contribution in [0.15, 0.2) is 90.1 Å². The second kappa shape index (κ2) is 13.7. The highest BCUT2D eigenvalue weighted by Crippen LogP contribution is 2.53. The number of aromatic nitrogens is 2. The van der Waals surface area contributed by atoms with Gasteiger partial charge in [-0.05, 0) is 86.1 Å². The van der Waals surface area contributed by atoms with Gasteiger partial charge in [-0.3, -0.25) is 19.2 Å². The van der Waals surface area contributed by atoms with E-state index in [0.717, 1.165) is 23.4 Å². The molecule has 2 aliphatic heterocycles. The SMILES string of the molecule is CCOc1ccc(OC)cc1C1(N2CCN(c3ccnc(CC)c3)CC2)CN(S(=O)(=O)c2ccc(OC)c3cccnc23)c2ccc(C#N)cc21. The number of fused-ring (bicyclic) bond motifs is 2. The van der Waals surface area contributed by atoms with Crippen molar-refractivity contribution in [1.29, 1.82) is 5.26 Å². The van der Waals surface area contributed by atoms with Crippen molar-refractivity contribution in [2.24, 2.45) is 0 Å². The van der Waals surface area contributed by atoms with Crippen molar-refractivity contribution in [2.75, 3.05) is 62.8 Å². The van der Waals surface area contributed by atoms with Crippen LogP contribution >= 0.6 is 0 Å². The number of sulfonamides is 1. The minimum absolute atomic E-state index is 0.0301. The quantitative estimate of drug-likeness (QED) is 0.178. The second-order valence-corrected chi connectivity index (χ2v) is 14.3. The molecule has 4 heterocycles. The van der Waals surface area contributed by atoms with E-state index in [1.165, 1.54) is 4.31 Å². The summed E-state index contributed by atoms with van der Waals surface area (Å²) in [6.45, 7) is 7.03. The van der Waals surface area contributed by atoms with Gasteiger partial charge in [0.2, 0.25) is 0 Å². The first kappa shape index (κ1) is 34.1. The van der Waals surface area contributed by atoms with E-state index in [0.29, 0.717) is 77.8 Å². The van der Waals surface area contributed by atoms with Crippen LogP contribution in [0.3, 0.4) is 0 Å². The van der Waals surface area contributed by atoms with E-state index in [2.05, 4.69) is 38.8 Å². The summed E-state index contributed by atoms with van der Waals surface area (Å²) in [4.78, 5) is 13.7. The summed E-state index contributed by atoms with van der Waals surface area (Å²) in [6, 6.07) is 24.1. The minimum atomic E-state index is -4.23. The molecule has 1 fully saturated rings. The zero-order valence-corrected chi connectivity index (χ0v) is 30.0. The molecule has 0 bridgehead atoms. The van der Waals surface area contributed by atoms with Crippen molar-refractivity contribution in [2.45, 2.75) is 30.7 Å². The van der Waals surface area contributed by atoms with Gasteiger partial charge in [0.25, 0.3) is 10.0 Å². The molecule has 262 valence electrons. The lowest BCUT2D eigenvalue weighted by Crippen LogP contribution is -2.58. The minimum Gasteiger partial charge on any atom is -0.497 e. The molecule has 7 rings (SSSR count). The zero-order valence-electron chi connectivity index (χ0n) is 29.2. The number of piperazine rings is 1. The number of rotatable bonds is 10. The Balaban J connectivity index is 1.43. The molecule has 0 radical (unpaired) electrons. The van der Waals surface area contributed by atoms with Crippen LogP contribution in [0.25, 0.3) is 10.9 Å². The standard InChI is InChI=1S/C39H40N6O5S/c1-5-28-23-29(15-17-41-28)43-18-20-44(21-19-43)39(33-24-30(48-3)10-12-36(33)50-6-2)26-45(34-11-9-27(25-40)22-32(34)39)51(46,47)37-14-13-35(49-4)31-8-7-16-42-38(31)37/h7-17,22-24H,5-6,18-21,26H2,1-4H3. The Hall–Kier alpha value is -5.38. The van der Waals surface area contributed by atoms with E-state index in [9.17, 15) is 5.26 Å². The Bertz CT molecular complexity index is 2250. The van der Waals surface area contributed by atoms with Crippen molar-refractivity contribution in [3.63, 3.8) is 0 Å². The maximum atomic E-state index is 15.1. The van der Waals surface area contributed by atoms with Gasteiger partial charge in [0, 0.05) is 66.5 Å². The lowest BCUT2D eigenvalue weighted by atomic mass is 9.81. The average Bonchev–Trinajstić information content (AvgIpc) is 3.54. The number of nitriles is 1. The molecule has 2 aliphatic rings. The van der Waals surface area contributed by atoms with Gasteiger partial charge in [0.1, 0.15) is 22.1 Å². The summed E-state index contributed by atoms with van der Waals surface area (Å²) < 4.78 is 49.2. The molecule has 12 heteroatoms. The molecule has 51 heavy (non-hydrogen) atoms. The van der Waals surface area contributed by atoms with Crippen molar-refractivity contribution in [3.8, 4) is 23.3 Å². The fourth-order valence-corrected chi connectivity index (χ4v) is 9.15. The first-order chi connectivity index (χ1) is 24.8. The molecule has 0 aliphatic carbocycles. The number of hydrogen-bond acceptors (Lipinski definition) is 10. The van der Waals surface area contributed by atoms with Crippen molar-refractivity contribution in [3.05, 3.63) is 108 Å². The first-order valence-electron chi connectivity index (χ1n) is 17.0. The Morgan fingerprint density at radius 2 is 1.67 bits per heavy atom. The van der Waals surface area contributed by atoms with E-state index in [1.807, 2.05) is 43.5 Å². The van der Waals surface area contributed by atoms with Crippen LogP contribution in [-0.2, 0) is 22.0 Å². The number of aryl methyl sites for hydroxylation is 1. The molecule has 0 amide bonds. The molecule has 1 atom stereocenters. The third-order valence-corrected chi connectivity index (χ3v) is 11.8. The lowest BCUT2D eigenvalue weighted by Gasteiger charge is -2.47. The highest BCUT2D eigenvalue weighted by atomic mass is 32.2. The van der Waals surface area contributed by atoms with Gasteiger partial charge in [0.15, 0.2) is 0 Å². The van der Waals surface area contributed by atoms with E-state index >= 15 is 8.42 Å². The number of hydrogen-bond donors (Lipinski definition) is 0. The highest BCUT2D eigenvalue weighted by molar-refractivity contribution is 7.93. The maximum Gasteiger partial charge on any atom is 0.266 e. The summed E-state index contributed by atoms with van der Waals surface area (Å²) in [7, 11) is -1.07. The number of benzene rings is 3. The fraction of sp³-hybridized carbons (Fsp3) is 0.308. The lowest BCUT2D eigenvalue weighted by molar-refractivity contribution is 0.124. The molecular weight excluding hydrogens is 665 g/mol. The predicted molar refractivity (Wildman–Crippen MR) is 196 cm³/mol. The average molecular weight is 705 g/mol. The summed E-state index contributed by atoms with van der Waals surface area (Å²) in [5, 5.41) is 10.7. The van der Waals surface area contributed by atoms with Crippen LogP contribution < -0.4 is 23.4 Å². The number of nitrogens with zero attached hydrogens (tertiary/aromatic N) is 6. The van der Waals surface area contributed by atoms with Crippen LogP contribution in [0, 0.1) is 11.3 Å². The molecule has 0 N–H and O–H groups in total. The summed E-state index contributed by atoms with van der Waals surface area (Å²) in [6.07, 6.45) is 4.27. The van der Waals surface area contributed by atoms with Gasteiger partial charge in [-0.25, -0.2) is 8.42 Å². The summed E-state index contributed by atoms with van der Waals surface area (Å²) in [5.41, 5.74) is 3.78. The van der Waals surface area contributed by atoms with Gasteiger partial charge in [-0.2, -0.15) is 5.26 Å². The second-order valence-electron chi connectivity index (χ2n) is 12.5. The molecule has 0 saturated carbocycles.